The van der Waals surface area contributed by atoms with Crippen LogP contribution in [0.5, 0.6) is 0 Å². The molecule has 2 unspecified atom stereocenters. The molecule has 1 rings (SSSR count). The Bertz CT molecular complexity index is 409. The number of hydrogen-bond donors (Lipinski definition) is 2. The van der Waals surface area contributed by atoms with Crippen molar-refractivity contribution in [1.82, 2.24) is 10.6 Å². The van der Waals surface area contributed by atoms with Crippen molar-refractivity contribution < 1.29 is 9.53 Å². The number of rotatable bonds is 7. The van der Waals surface area contributed by atoms with Gasteiger partial charge >= 0.3 is 6.03 Å². The normalized spacial score (nSPS) is 13.6. The molecule has 4 nitrogen and oxygen atoms in total. The second-order valence-corrected chi connectivity index (χ2v) is 6.04. The number of carbonyl (C=O) groups is 1. The number of ether oxygens (including phenoxy) is 1. The third-order valence-electron chi connectivity index (χ3n) is 2.83. The Morgan fingerprint density at radius 2 is 1.90 bits per heavy atom. The Morgan fingerprint density at radius 3 is 2.45 bits per heavy atom. The first-order valence-electron chi connectivity index (χ1n) is 6.85. The van der Waals surface area contributed by atoms with E-state index in [9.17, 15) is 4.79 Å². The molecule has 0 heterocycles. The highest BCUT2D eigenvalue weighted by Crippen LogP contribution is 2.20. The molecule has 2 atom stereocenters. The molecule has 20 heavy (non-hydrogen) atoms. The van der Waals surface area contributed by atoms with E-state index in [4.69, 9.17) is 4.74 Å². The minimum Gasteiger partial charge on any atom is -0.383 e. The van der Waals surface area contributed by atoms with E-state index in [2.05, 4.69) is 41.8 Å². The fraction of sp³-hybridized carbons (Fsp3) is 0.533. The molecule has 0 fully saturated rings. The molecule has 0 aromatic heterocycles. The zero-order valence-corrected chi connectivity index (χ0v) is 13.4. The molecule has 0 saturated carbocycles. The number of hydrogen-bond acceptors (Lipinski definition) is 3. The van der Waals surface area contributed by atoms with E-state index in [1.54, 1.807) is 7.11 Å². The summed E-state index contributed by atoms with van der Waals surface area (Å²) in [5, 5.41) is 5.76. The van der Waals surface area contributed by atoms with Gasteiger partial charge in [-0.2, -0.15) is 0 Å². The van der Waals surface area contributed by atoms with Crippen LogP contribution in [0.1, 0.15) is 32.4 Å². The van der Waals surface area contributed by atoms with Gasteiger partial charge in [-0.15, -0.1) is 11.8 Å². The second-order valence-electron chi connectivity index (χ2n) is 4.70. The quantitative estimate of drug-likeness (QED) is 0.760. The number of urea groups is 1. The van der Waals surface area contributed by atoms with E-state index >= 15 is 0 Å². The molecule has 5 heteroatoms. The molecule has 0 bridgehead atoms. The summed E-state index contributed by atoms with van der Waals surface area (Å²) < 4.78 is 4.99. The zero-order chi connectivity index (χ0) is 15.0. The predicted octanol–water partition coefficient (Wildman–Crippen LogP) is 3.19. The Balaban J connectivity index is 2.48. The van der Waals surface area contributed by atoms with Crippen LogP contribution in [0.15, 0.2) is 29.2 Å². The Hall–Kier alpha value is -1.20. The van der Waals surface area contributed by atoms with Crippen LogP contribution in [0.25, 0.3) is 0 Å². The number of methoxy groups -OCH3 is 1. The van der Waals surface area contributed by atoms with Gasteiger partial charge in [-0.1, -0.05) is 19.1 Å². The monoisotopic (exact) mass is 296 g/mol. The number of amides is 2. The average Bonchev–Trinajstić information content (AvgIpc) is 2.39. The maximum atomic E-state index is 11.8. The van der Waals surface area contributed by atoms with Crippen molar-refractivity contribution in [2.24, 2.45) is 0 Å². The van der Waals surface area contributed by atoms with E-state index in [0.717, 1.165) is 11.3 Å². The van der Waals surface area contributed by atoms with Crippen LogP contribution in [0.4, 0.5) is 4.79 Å². The summed E-state index contributed by atoms with van der Waals surface area (Å²) in [5.41, 5.74) is 1.10. The number of thioether (sulfide) groups is 1. The first-order valence-corrected chi connectivity index (χ1v) is 7.84. The van der Waals surface area contributed by atoms with Crippen LogP contribution in [0, 0.1) is 0 Å². The maximum Gasteiger partial charge on any atom is 0.315 e. The molecule has 1 aromatic carbocycles. The molecule has 0 aliphatic heterocycles. The summed E-state index contributed by atoms with van der Waals surface area (Å²) in [5.74, 6) is 1.06. The standard InChI is InChI=1S/C15H24N2O2S/c1-5-20-14-8-6-13(7-9-14)12(3)17-15(18)16-11(2)10-19-4/h6-9,11-12H,5,10H2,1-4H3,(H2,16,17,18). The Labute approximate surface area is 125 Å². The van der Waals surface area contributed by atoms with Gasteiger partial charge in [0.15, 0.2) is 0 Å². The third kappa shape index (κ3) is 5.84. The summed E-state index contributed by atoms with van der Waals surface area (Å²) in [4.78, 5) is 13.1. The third-order valence-corrected chi connectivity index (χ3v) is 3.73. The van der Waals surface area contributed by atoms with E-state index in [1.807, 2.05) is 25.6 Å². The van der Waals surface area contributed by atoms with Gasteiger partial charge in [0.25, 0.3) is 0 Å². The minimum atomic E-state index is -0.172. The number of nitrogens with one attached hydrogen (secondary N) is 2. The van der Waals surface area contributed by atoms with Crippen LogP contribution < -0.4 is 10.6 Å². The maximum absolute atomic E-state index is 11.8. The van der Waals surface area contributed by atoms with E-state index < -0.39 is 0 Å². The molecule has 2 amide bonds. The number of carbonyl (C=O) groups excluding carboxylic acids is 1. The van der Waals surface area contributed by atoms with Crippen LogP contribution in [-0.4, -0.2) is 31.5 Å². The molecule has 0 aliphatic rings. The molecular weight excluding hydrogens is 272 g/mol. The molecule has 0 aliphatic carbocycles. The van der Waals surface area contributed by atoms with Gasteiger partial charge < -0.3 is 15.4 Å². The Morgan fingerprint density at radius 1 is 1.25 bits per heavy atom. The first-order chi connectivity index (χ1) is 9.56. The van der Waals surface area contributed by atoms with Gasteiger partial charge in [-0.05, 0) is 37.3 Å². The lowest BCUT2D eigenvalue weighted by atomic mass is 10.1. The lowest BCUT2D eigenvalue weighted by Gasteiger charge is -2.18. The SMILES string of the molecule is CCSc1ccc(C(C)NC(=O)NC(C)COC)cc1. The molecule has 0 saturated heterocycles. The molecule has 112 valence electrons. The van der Waals surface area contributed by atoms with Crippen molar-refractivity contribution in [2.45, 2.75) is 37.8 Å². The van der Waals surface area contributed by atoms with Gasteiger partial charge in [0, 0.05) is 12.0 Å². The molecule has 0 spiro atoms. The van der Waals surface area contributed by atoms with Crippen molar-refractivity contribution in [2.75, 3.05) is 19.5 Å². The molecule has 2 N–H and O–H groups in total. The van der Waals surface area contributed by atoms with Gasteiger partial charge in [0.2, 0.25) is 0 Å². The lowest BCUT2D eigenvalue weighted by Crippen LogP contribution is -2.43. The second kappa shape index (κ2) is 8.87. The van der Waals surface area contributed by atoms with E-state index in [1.165, 1.54) is 4.90 Å². The summed E-state index contributed by atoms with van der Waals surface area (Å²) in [7, 11) is 1.62. The Kier molecular flexibility index (Phi) is 7.47. The first kappa shape index (κ1) is 16.9. The number of benzene rings is 1. The van der Waals surface area contributed by atoms with Gasteiger partial charge in [0.1, 0.15) is 0 Å². The van der Waals surface area contributed by atoms with Gasteiger partial charge in [-0.3, -0.25) is 0 Å². The summed E-state index contributed by atoms with van der Waals surface area (Å²) in [6.07, 6.45) is 0. The highest BCUT2D eigenvalue weighted by molar-refractivity contribution is 7.99. The lowest BCUT2D eigenvalue weighted by molar-refractivity contribution is 0.170. The van der Waals surface area contributed by atoms with Crippen molar-refractivity contribution in [3.05, 3.63) is 29.8 Å². The van der Waals surface area contributed by atoms with Crippen LogP contribution in [0.3, 0.4) is 0 Å². The predicted molar refractivity (Wildman–Crippen MR) is 84.3 cm³/mol. The summed E-state index contributed by atoms with van der Waals surface area (Å²) >= 11 is 1.81. The van der Waals surface area contributed by atoms with E-state index in [0.29, 0.717) is 6.61 Å². The smallest absolute Gasteiger partial charge is 0.315 e. The zero-order valence-electron chi connectivity index (χ0n) is 12.6. The van der Waals surface area contributed by atoms with Crippen molar-refractivity contribution >= 4 is 17.8 Å². The van der Waals surface area contributed by atoms with Crippen molar-refractivity contribution in [3.63, 3.8) is 0 Å². The van der Waals surface area contributed by atoms with Gasteiger partial charge in [0.05, 0.1) is 18.7 Å². The van der Waals surface area contributed by atoms with Crippen molar-refractivity contribution in [1.29, 1.82) is 0 Å². The highest BCUT2D eigenvalue weighted by Gasteiger charge is 2.11. The molecule has 0 radical (unpaired) electrons. The highest BCUT2D eigenvalue weighted by atomic mass is 32.2. The fourth-order valence-corrected chi connectivity index (χ4v) is 2.52. The van der Waals surface area contributed by atoms with Gasteiger partial charge in [-0.25, -0.2) is 4.79 Å². The summed E-state index contributed by atoms with van der Waals surface area (Å²) in [6, 6.07) is 8.10. The van der Waals surface area contributed by atoms with E-state index in [-0.39, 0.29) is 18.1 Å². The molecular formula is C15H24N2O2S. The largest absolute Gasteiger partial charge is 0.383 e. The minimum absolute atomic E-state index is 0.00414. The topological polar surface area (TPSA) is 50.4 Å². The van der Waals surface area contributed by atoms with Crippen molar-refractivity contribution in [3.8, 4) is 0 Å². The summed E-state index contributed by atoms with van der Waals surface area (Å²) in [6.45, 7) is 6.52. The van der Waals surface area contributed by atoms with Crippen LogP contribution in [-0.2, 0) is 4.74 Å². The van der Waals surface area contributed by atoms with Crippen LogP contribution in [0.2, 0.25) is 0 Å². The van der Waals surface area contributed by atoms with Crippen LogP contribution >= 0.6 is 11.8 Å². The fourth-order valence-electron chi connectivity index (χ4n) is 1.86. The average molecular weight is 296 g/mol. The molecule has 1 aromatic rings.